The number of hydrogen-bond donors (Lipinski definition) is 0. The van der Waals surface area contributed by atoms with Crippen LogP contribution in [-0.2, 0) is 0 Å². The zero-order chi connectivity index (χ0) is 15.2. The Kier molecular flexibility index (Phi) is 4.45. The molecule has 1 aromatic heterocycles. The molecule has 0 N–H and O–H groups in total. The summed E-state index contributed by atoms with van der Waals surface area (Å²) in [6.07, 6.45) is 2.57. The lowest BCUT2D eigenvalue weighted by atomic mass is 10.1. The molecule has 0 amide bonds. The summed E-state index contributed by atoms with van der Waals surface area (Å²) in [5.41, 5.74) is 1.52. The minimum atomic E-state index is 0.643. The monoisotopic (exact) mass is 302 g/mol. The highest BCUT2D eigenvalue weighted by Gasteiger charge is 2.13. The minimum Gasteiger partial charge on any atom is -0.363 e. The second-order valence-corrected chi connectivity index (χ2v) is 6.08. The Morgan fingerprint density at radius 3 is 2.27 bits per heavy atom. The van der Waals surface area contributed by atoms with Crippen LogP contribution in [0.4, 0.5) is 5.00 Å². The second kappa shape index (κ2) is 6.86. The van der Waals surface area contributed by atoms with Crippen LogP contribution in [0, 0.1) is 35.0 Å². The summed E-state index contributed by atoms with van der Waals surface area (Å²) in [7, 11) is 0. The van der Waals surface area contributed by atoms with Gasteiger partial charge in [-0.05, 0) is 67.0 Å². The van der Waals surface area contributed by atoms with Crippen LogP contribution in [0.2, 0.25) is 0 Å². The van der Waals surface area contributed by atoms with Crippen LogP contribution in [0.15, 0.2) is 36.4 Å². The molecule has 1 aliphatic heterocycles. The van der Waals surface area contributed by atoms with Gasteiger partial charge < -0.3 is 4.90 Å². The highest BCUT2D eigenvalue weighted by Crippen LogP contribution is 2.28. The molecular formula is C19H14N2S. The van der Waals surface area contributed by atoms with E-state index in [2.05, 4.69) is 46.8 Å². The smallest absolute Gasteiger partial charge is 0.0991 e. The first-order chi connectivity index (χ1) is 10.8. The van der Waals surface area contributed by atoms with E-state index in [0.717, 1.165) is 23.5 Å². The van der Waals surface area contributed by atoms with Crippen molar-refractivity contribution >= 4 is 16.3 Å². The number of anilines is 1. The highest BCUT2D eigenvalue weighted by molar-refractivity contribution is 7.16. The predicted octanol–water partition coefficient (Wildman–Crippen LogP) is 3.62. The summed E-state index contributed by atoms with van der Waals surface area (Å²) in [5, 5.41) is 10.0. The van der Waals surface area contributed by atoms with Crippen molar-refractivity contribution in [2.45, 2.75) is 12.8 Å². The number of nitrogens with zero attached hydrogens (tertiary/aromatic N) is 2. The van der Waals surface area contributed by atoms with E-state index in [4.69, 9.17) is 5.26 Å². The van der Waals surface area contributed by atoms with Crippen LogP contribution in [0.25, 0.3) is 0 Å². The molecule has 3 heteroatoms. The average molecular weight is 302 g/mol. The topological polar surface area (TPSA) is 27.0 Å². The van der Waals surface area contributed by atoms with Crippen LogP contribution >= 0.6 is 11.3 Å². The van der Waals surface area contributed by atoms with Crippen LogP contribution < -0.4 is 4.90 Å². The van der Waals surface area contributed by atoms with Gasteiger partial charge in [0, 0.05) is 18.7 Å². The standard InChI is InChI=1S/C19H14N2S/c20-15-17-9-7-16(8-10-17)5-1-2-6-18-11-12-19(22-18)21-13-3-4-14-21/h7-12H,3-4,13-14H2. The molecule has 0 atom stereocenters. The Morgan fingerprint density at radius 2 is 1.55 bits per heavy atom. The molecule has 2 aromatic rings. The maximum atomic E-state index is 8.74. The van der Waals surface area contributed by atoms with Crippen molar-refractivity contribution in [1.29, 1.82) is 5.26 Å². The number of nitriles is 1. The summed E-state index contributed by atoms with van der Waals surface area (Å²) in [6, 6.07) is 13.5. The number of benzene rings is 1. The molecule has 0 spiro atoms. The lowest BCUT2D eigenvalue weighted by Gasteiger charge is -2.13. The lowest BCUT2D eigenvalue weighted by molar-refractivity contribution is 0.949. The van der Waals surface area contributed by atoms with E-state index in [0.29, 0.717) is 5.56 Å². The van der Waals surface area contributed by atoms with Crippen LogP contribution in [0.5, 0.6) is 0 Å². The molecule has 1 fully saturated rings. The molecule has 3 rings (SSSR count). The zero-order valence-electron chi connectivity index (χ0n) is 12.1. The van der Waals surface area contributed by atoms with Crippen LogP contribution in [0.1, 0.15) is 28.8 Å². The van der Waals surface area contributed by atoms with Gasteiger partial charge in [-0.1, -0.05) is 5.92 Å². The third-order valence-corrected chi connectivity index (χ3v) is 4.54. The van der Waals surface area contributed by atoms with E-state index in [1.807, 2.05) is 12.1 Å². The molecule has 0 bridgehead atoms. The van der Waals surface area contributed by atoms with E-state index in [-0.39, 0.29) is 0 Å². The van der Waals surface area contributed by atoms with E-state index >= 15 is 0 Å². The van der Waals surface area contributed by atoms with Gasteiger partial charge in [0.1, 0.15) is 0 Å². The number of rotatable bonds is 1. The van der Waals surface area contributed by atoms with Crippen molar-refractivity contribution < 1.29 is 0 Å². The van der Waals surface area contributed by atoms with Crippen molar-refractivity contribution in [1.82, 2.24) is 0 Å². The molecular weight excluding hydrogens is 288 g/mol. The maximum Gasteiger partial charge on any atom is 0.0991 e. The first-order valence-corrected chi connectivity index (χ1v) is 8.04. The van der Waals surface area contributed by atoms with Gasteiger partial charge in [-0.2, -0.15) is 5.26 Å². The summed E-state index contributed by atoms with van der Waals surface area (Å²) < 4.78 is 0. The maximum absolute atomic E-state index is 8.74. The van der Waals surface area contributed by atoms with Crippen molar-refractivity contribution in [3.05, 3.63) is 52.4 Å². The first kappa shape index (κ1) is 14.3. The van der Waals surface area contributed by atoms with Crippen molar-refractivity contribution in [2.24, 2.45) is 0 Å². The summed E-state index contributed by atoms with van der Waals surface area (Å²) >= 11 is 1.73. The summed E-state index contributed by atoms with van der Waals surface area (Å²) in [4.78, 5) is 3.47. The highest BCUT2D eigenvalue weighted by atomic mass is 32.1. The van der Waals surface area contributed by atoms with Crippen LogP contribution in [-0.4, -0.2) is 13.1 Å². The molecule has 0 radical (unpaired) electrons. The van der Waals surface area contributed by atoms with Gasteiger partial charge in [0.15, 0.2) is 0 Å². The second-order valence-electron chi connectivity index (χ2n) is 5.02. The fraction of sp³-hybridized carbons (Fsp3) is 0.211. The van der Waals surface area contributed by atoms with Crippen LogP contribution in [0.3, 0.4) is 0 Å². The van der Waals surface area contributed by atoms with E-state index in [1.165, 1.54) is 17.8 Å². The fourth-order valence-corrected chi connectivity index (χ4v) is 3.24. The average Bonchev–Trinajstić information content (AvgIpc) is 3.23. The molecule has 1 saturated heterocycles. The molecule has 0 saturated carbocycles. The third kappa shape index (κ3) is 3.50. The lowest BCUT2D eigenvalue weighted by Crippen LogP contribution is -2.15. The number of hydrogen-bond acceptors (Lipinski definition) is 3. The Labute approximate surface area is 135 Å². The van der Waals surface area contributed by atoms with Gasteiger partial charge in [0.05, 0.1) is 21.5 Å². The molecule has 0 aliphatic carbocycles. The van der Waals surface area contributed by atoms with E-state index < -0.39 is 0 Å². The zero-order valence-corrected chi connectivity index (χ0v) is 12.9. The third-order valence-electron chi connectivity index (χ3n) is 3.48. The predicted molar refractivity (Wildman–Crippen MR) is 90.7 cm³/mol. The number of thiophene rings is 1. The van der Waals surface area contributed by atoms with Gasteiger partial charge in [-0.25, -0.2) is 0 Å². The Morgan fingerprint density at radius 1 is 0.864 bits per heavy atom. The molecule has 106 valence electrons. The van der Waals surface area contributed by atoms with E-state index in [9.17, 15) is 0 Å². The summed E-state index contributed by atoms with van der Waals surface area (Å²) in [6.45, 7) is 2.32. The molecule has 22 heavy (non-hydrogen) atoms. The minimum absolute atomic E-state index is 0.643. The molecule has 1 aliphatic rings. The van der Waals surface area contributed by atoms with Gasteiger partial charge in [0.2, 0.25) is 0 Å². The summed E-state index contributed by atoms with van der Waals surface area (Å²) in [5.74, 6) is 11.9. The van der Waals surface area contributed by atoms with Gasteiger partial charge >= 0.3 is 0 Å². The van der Waals surface area contributed by atoms with Gasteiger partial charge in [-0.15, -0.1) is 11.3 Å². The molecule has 1 aromatic carbocycles. The molecule has 2 nitrogen and oxygen atoms in total. The Balaban J connectivity index is 1.66. The van der Waals surface area contributed by atoms with Crippen molar-refractivity contribution in [2.75, 3.05) is 18.0 Å². The SMILES string of the molecule is N#Cc1ccc(C#CC#Cc2ccc(N3CCCC3)s2)cc1. The van der Waals surface area contributed by atoms with Crippen molar-refractivity contribution in [3.63, 3.8) is 0 Å². The van der Waals surface area contributed by atoms with Gasteiger partial charge in [0.25, 0.3) is 0 Å². The largest absolute Gasteiger partial charge is 0.363 e. The van der Waals surface area contributed by atoms with Crippen molar-refractivity contribution in [3.8, 4) is 29.8 Å². The van der Waals surface area contributed by atoms with Gasteiger partial charge in [-0.3, -0.25) is 0 Å². The fourth-order valence-electron chi connectivity index (χ4n) is 2.33. The quantitative estimate of drug-likeness (QED) is 0.752. The Hall–Kier alpha value is -2.67. The first-order valence-electron chi connectivity index (χ1n) is 7.22. The normalized spacial score (nSPS) is 12.8. The molecule has 2 heterocycles. The van der Waals surface area contributed by atoms with E-state index in [1.54, 1.807) is 23.5 Å². The Bertz CT molecular complexity index is 811. The molecule has 0 unspecified atom stereocenters.